The minimum absolute atomic E-state index is 0.0500. The van der Waals surface area contributed by atoms with Gasteiger partial charge in [-0.25, -0.2) is 0 Å². The third kappa shape index (κ3) is 2.44. The Labute approximate surface area is 101 Å². The standard InChI is InChI=1S/C12H20N2O3/c1-8(2)7-9-10(15)14-12(11(16)13-9)3-5-17-6-4-12/h8-9H,3-7H2,1-2H3,(H,13,16)(H,14,15)/t9-/m0/s1. The Morgan fingerprint density at radius 1 is 1.35 bits per heavy atom. The second kappa shape index (κ2) is 4.64. The Morgan fingerprint density at radius 2 is 2.00 bits per heavy atom. The predicted molar refractivity (Wildman–Crippen MR) is 62.3 cm³/mol. The van der Waals surface area contributed by atoms with Crippen LogP contribution in [0.2, 0.25) is 0 Å². The zero-order valence-electron chi connectivity index (χ0n) is 10.4. The summed E-state index contributed by atoms with van der Waals surface area (Å²) in [5.74, 6) is 0.279. The van der Waals surface area contributed by atoms with Crippen molar-refractivity contribution in [3.8, 4) is 0 Å². The summed E-state index contributed by atoms with van der Waals surface area (Å²) in [4.78, 5) is 24.1. The number of carbonyl (C=O) groups is 2. The molecule has 2 saturated heterocycles. The molecule has 17 heavy (non-hydrogen) atoms. The molecule has 0 aromatic heterocycles. The van der Waals surface area contributed by atoms with E-state index < -0.39 is 5.54 Å². The zero-order valence-corrected chi connectivity index (χ0v) is 10.4. The molecule has 2 amide bonds. The molecule has 96 valence electrons. The Hall–Kier alpha value is -1.10. The van der Waals surface area contributed by atoms with Crippen molar-refractivity contribution < 1.29 is 14.3 Å². The molecule has 1 atom stereocenters. The van der Waals surface area contributed by atoms with Crippen LogP contribution >= 0.6 is 0 Å². The molecule has 2 aliphatic rings. The number of rotatable bonds is 2. The summed E-state index contributed by atoms with van der Waals surface area (Å²) < 4.78 is 5.24. The van der Waals surface area contributed by atoms with Crippen LogP contribution in [-0.2, 0) is 14.3 Å². The van der Waals surface area contributed by atoms with Crippen LogP contribution in [0.15, 0.2) is 0 Å². The molecule has 2 rings (SSSR count). The minimum atomic E-state index is -0.719. The van der Waals surface area contributed by atoms with E-state index in [1.54, 1.807) is 0 Å². The van der Waals surface area contributed by atoms with Gasteiger partial charge in [0.05, 0.1) is 0 Å². The van der Waals surface area contributed by atoms with Gasteiger partial charge in [0.15, 0.2) is 0 Å². The Morgan fingerprint density at radius 3 is 2.59 bits per heavy atom. The first-order valence-electron chi connectivity index (χ1n) is 6.24. The van der Waals surface area contributed by atoms with Crippen LogP contribution in [-0.4, -0.2) is 36.6 Å². The Bertz CT molecular complexity index is 322. The lowest BCUT2D eigenvalue weighted by Gasteiger charge is -2.42. The van der Waals surface area contributed by atoms with Gasteiger partial charge in [-0.15, -0.1) is 0 Å². The van der Waals surface area contributed by atoms with E-state index in [0.29, 0.717) is 38.4 Å². The molecular formula is C12H20N2O3. The van der Waals surface area contributed by atoms with E-state index in [4.69, 9.17) is 4.74 Å². The van der Waals surface area contributed by atoms with Crippen molar-refractivity contribution in [2.24, 2.45) is 5.92 Å². The van der Waals surface area contributed by atoms with Crippen molar-refractivity contribution in [2.75, 3.05) is 13.2 Å². The fourth-order valence-corrected chi connectivity index (χ4v) is 2.45. The molecule has 2 N–H and O–H groups in total. The molecule has 5 heteroatoms. The molecule has 0 unspecified atom stereocenters. The second-order valence-electron chi connectivity index (χ2n) is 5.34. The Balaban J connectivity index is 2.06. The lowest BCUT2D eigenvalue weighted by Crippen LogP contribution is -2.70. The lowest BCUT2D eigenvalue weighted by atomic mass is 9.85. The van der Waals surface area contributed by atoms with Crippen molar-refractivity contribution >= 4 is 11.8 Å². The molecule has 0 aromatic rings. The van der Waals surface area contributed by atoms with E-state index in [9.17, 15) is 9.59 Å². The van der Waals surface area contributed by atoms with Crippen molar-refractivity contribution in [3.63, 3.8) is 0 Å². The molecule has 2 heterocycles. The number of nitrogens with one attached hydrogen (secondary N) is 2. The number of ether oxygens (including phenoxy) is 1. The highest BCUT2D eigenvalue weighted by atomic mass is 16.5. The zero-order chi connectivity index (χ0) is 12.5. The summed E-state index contributed by atoms with van der Waals surface area (Å²) >= 11 is 0. The first-order valence-corrected chi connectivity index (χ1v) is 6.24. The summed E-state index contributed by atoms with van der Waals surface area (Å²) in [5.41, 5.74) is -0.719. The van der Waals surface area contributed by atoms with Crippen molar-refractivity contribution in [1.29, 1.82) is 0 Å². The van der Waals surface area contributed by atoms with Crippen molar-refractivity contribution in [1.82, 2.24) is 10.6 Å². The van der Waals surface area contributed by atoms with Crippen LogP contribution in [0.4, 0.5) is 0 Å². The minimum Gasteiger partial charge on any atom is -0.381 e. The lowest BCUT2D eigenvalue weighted by molar-refractivity contribution is -0.145. The SMILES string of the molecule is CC(C)C[C@@H]1NC(=O)C2(CCOCC2)NC1=O. The van der Waals surface area contributed by atoms with Gasteiger partial charge in [0.2, 0.25) is 11.8 Å². The number of hydrogen-bond donors (Lipinski definition) is 2. The third-order valence-electron chi connectivity index (χ3n) is 3.47. The molecule has 0 radical (unpaired) electrons. The van der Waals surface area contributed by atoms with Crippen molar-refractivity contribution in [3.05, 3.63) is 0 Å². The molecule has 0 bridgehead atoms. The highest BCUT2D eigenvalue weighted by Gasteiger charge is 2.47. The Kier molecular flexibility index (Phi) is 3.38. The van der Waals surface area contributed by atoms with E-state index in [1.807, 2.05) is 13.8 Å². The van der Waals surface area contributed by atoms with Gasteiger partial charge < -0.3 is 15.4 Å². The van der Waals surface area contributed by atoms with Crippen LogP contribution < -0.4 is 10.6 Å². The normalized spacial score (nSPS) is 28.1. The topological polar surface area (TPSA) is 67.4 Å². The maximum atomic E-state index is 12.1. The summed E-state index contributed by atoms with van der Waals surface area (Å²) in [7, 11) is 0. The maximum absolute atomic E-state index is 12.1. The first kappa shape index (κ1) is 12.4. The van der Waals surface area contributed by atoms with Crippen LogP contribution in [0, 0.1) is 5.92 Å². The highest BCUT2D eigenvalue weighted by molar-refractivity contribution is 5.99. The van der Waals surface area contributed by atoms with E-state index in [2.05, 4.69) is 10.6 Å². The highest BCUT2D eigenvalue weighted by Crippen LogP contribution is 2.24. The van der Waals surface area contributed by atoms with Crippen molar-refractivity contribution in [2.45, 2.75) is 44.7 Å². The summed E-state index contributed by atoms with van der Waals surface area (Å²) in [6.07, 6.45) is 1.82. The molecule has 0 saturated carbocycles. The second-order valence-corrected chi connectivity index (χ2v) is 5.34. The maximum Gasteiger partial charge on any atom is 0.246 e. The largest absolute Gasteiger partial charge is 0.381 e. The van der Waals surface area contributed by atoms with Gasteiger partial charge in [-0.1, -0.05) is 13.8 Å². The molecule has 0 aromatic carbocycles. The number of amides is 2. The van der Waals surface area contributed by atoms with Crippen LogP contribution in [0.1, 0.15) is 33.1 Å². The average molecular weight is 240 g/mol. The van der Waals surface area contributed by atoms with Gasteiger partial charge in [-0.2, -0.15) is 0 Å². The van der Waals surface area contributed by atoms with E-state index >= 15 is 0 Å². The van der Waals surface area contributed by atoms with E-state index in [0.717, 1.165) is 0 Å². The van der Waals surface area contributed by atoms with Gasteiger partial charge >= 0.3 is 0 Å². The average Bonchev–Trinajstić information content (AvgIpc) is 2.27. The fraction of sp³-hybridized carbons (Fsp3) is 0.833. The van der Waals surface area contributed by atoms with Gasteiger partial charge in [-0.05, 0) is 12.3 Å². The predicted octanol–water partition coefficient (Wildman–Crippen LogP) is 0.196. The molecule has 2 aliphatic heterocycles. The van der Waals surface area contributed by atoms with Crippen LogP contribution in [0.25, 0.3) is 0 Å². The summed E-state index contributed by atoms with van der Waals surface area (Å²) in [5, 5.41) is 5.76. The molecular weight excluding hydrogens is 220 g/mol. The van der Waals surface area contributed by atoms with E-state index in [1.165, 1.54) is 0 Å². The molecule has 2 fully saturated rings. The van der Waals surface area contributed by atoms with Gasteiger partial charge in [0, 0.05) is 26.1 Å². The quantitative estimate of drug-likeness (QED) is 0.724. The molecule has 5 nitrogen and oxygen atoms in total. The third-order valence-corrected chi connectivity index (χ3v) is 3.47. The number of piperazine rings is 1. The van der Waals surface area contributed by atoms with Gasteiger partial charge in [-0.3, -0.25) is 9.59 Å². The van der Waals surface area contributed by atoms with E-state index in [-0.39, 0.29) is 17.9 Å². The monoisotopic (exact) mass is 240 g/mol. The van der Waals surface area contributed by atoms with Crippen LogP contribution in [0.3, 0.4) is 0 Å². The first-order chi connectivity index (χ1) is 8.03. The fourth-order valence-electron chi connectivity index (χ4n) is 2.45. The number of carbonyl (C=O) groups excluding carboxylic acids is 2. The summed E-state index contributed by atoms with van der Waals surface area (Å²) in [6.45, 7) is 5.14. The number of hydrogen-bond acceptors (Lipinski definition) is 3. The van der Waals surface area contributed by atoms with Gasteiger partial charge in [0.1, 0.15) is 11.6 Å². The summed E-state index contributed by atoms with van der Waals surface area (Å²) in [6, 6.07) is -0.379. The van der Waals surface area contributed by atoms with Gasteiger partial charge in [0.25, 0.3) is 0 Å². The smallest absolute Gasteiger partial charge is 0.246 e. The molecule has 0 aliphatic carbocycles. The van der Waals surface area contributed by atoms with Crippen LogP contribution in [0.5, 0.6) is 0 Å². The molecule has 1 spiro atoms.